The first-order valence-electron chi connectivity index (χ1n) is 11.8. The molecule has 2 heterocycles. The van der Waals surface area contributed by atoms with Gasteiger partial charge in [0, 0.05) is 42.6 Å². The summed E-state index contributed by atoms with van der Waals surface area (Å²) in [6.07, 6.45) is 3.23. The van der Waals surface area contributed by atoms with Crippen molar-refractivity contribution in [3.63, 3.8) is 0 Å². The summed E-state index contributed by atoms with van der Waals surface area (Å²) in [6.45, 7) is 2.63. The molecular weight excluding hydrogens is 470 g/mol. The number of benzene rings is 2. The number of piperazine rings is 1. The van der Waals surface area contributed by atoms with Gasteiger partial charge in [0.1, 0.15) is 4.75 Å². The Kier molecular flexibility index (Phi) is 6.58. The topological polar surface area (TPSA) is 60.9 Å². The maximum absolute atomic E-state index is 14.4. The van der Waals surface area contributed by atoms with Gasteiger partial charge in [0.25, 0.3) is 0 Å². The lowest BCUT2D eigenvalue weighted by molar-refractivity contribution is -0.138. The van der Waals surface area contributed by atoms with Crippen molar-refractivity contribution in [1.29, 1.82) is 0 Å². The summed E-state index contributed by atoms with van der Waals surface area (Å²) in [6, 6.07) is 17.0. The van der Waals surface area contributed by atoms with E-state index in [0.29, 0.717) is 43.7 Å². The maximum Gasteiger partial charge on any atom is 0.242 e. The van der Waals surface area contributed by atoms with E-state index in [1.807, 2.05) is 64.4 Å². The Morgan fingerprint density at radius 1 is 1.03 bits per heavy atom. The molecule has 2 aromatic carbocycles. The van der Waals surface area contributed by atoms with Crippen LogP contribution in [0.15, 0.2) is 59.5 Å². The van der Waals surface area contributed by atoms with E-state index in [1.165, 1.54) is 11.8 Å². The van der Waals surface area contributed by atoms with Gasteiger partial charge in [-0.2, -0.15) is 0 Å². The number of carbonyl (C=O) groups excluding carboxylic acids is 3. The van der Waals surface area contributed by atoms with E-state index >= 15 is 0 Å². The van der Waals surface area contributed by atoms with Crippen molar-refractivity contribution in [2.45, 2.75) is 34.9 Å². The number of amides is 3. The molecule has 0 N–H and O–H groups in total. The summed E-state index contributed by atoms with van der Waals surface area (Å²) >= 11 is 7.70. The van der Waals surface area contributed by atoms with Crippen LogP contribution < -0.4 is 0 Å². The van der Waals surface area contributed by atoms with Crippen LogP contribution >= 0.6 is 23.4 Å². The van der Waals surface area contributed by atoms with Crippen LogP contribution in [-0.4, -0.2) is 70.4 Å². The van der Waals surface area contributed by atoms with E-state index < -0.39 is 4.75 Å². The van der Waals surface area contributed by atoms with Gasteiger partial charge in [0.2, 0.25) is 18.2 Å². The van der Waals surface area contributed by atoms with Gasteiger partial charge in [-0.1, -0.05) is 41.9 Å². The van der Waals surface area contributed by atoms with Crippen molar-refractivity contribution in [2.24, 2.45) is 5.92 Å². The van der Waals surface area contributed by atoms with Crippen molar-refractivity contribution in [3.8, 4) is 0 Å². The predicted molar refractivity (Wildman–Crippen MR) is 132 cm³/mol. The molecule has 34 heavy (non-hydrogen) atoms. The number of hydrogen-bond acceptors (Lipinski definition) is 4. The number of nitrogens with zero attached hydrogens (tertiary/aromatic N) is 3. The Bertz CT molecular complexity index is 1050. The predicted octanol–water partition coefficient (Wildman–Crippen LogP) is 3.86. The lowest BCUT2D eigenvalue weighted by atomic mass is 9.90. The fourth-order valence-corrected chi connectivity index (χ4v) is 6.65. The Labute approximate surface area is 209 Å². The van der Waals surface area contributed by atoms with Crippen LogP contribution in [0.3, 0.4) is 0 Å². The Morgan fingerprint density at radius 3 is 2.32 bits per heavy atom. The van der Waals surface area contributed by atoms with Crippen LogP contribution in [0.2, 0.25) is 5.02 Å². The molecule has 178 valence electrons. The van der Waals surface area contributed by atoms with E-state index in [9.17, 15) is 14.4 Å². The fraction of sp³-hybridized carbons (Fsp3) is 0.423. The van der Waals surface area contributed by atoms with Crippen molar-refractivity contribution < 1.29 is 14.4 Å². The molecule has 5 rings (SSSR count). The third-order valence-corrected chi connectivity index (χ3v) is 8.65. The highest BCUT2D eigenvalue weighted by molar-refractivity contribution is 8.01. The highest BCUT2D eigenvalue weighted by Gasteiger charge is 2.59. The molecule has 3 amide bonds. The molecule has 2 aliphatic heterocycles. The van der Waals surface area contributed by atoms with Crippen LogP contribution in [0.5, 0.6) is 0 Å². The third kappa shape index (κ3) is 4.56. The summed E-state index contributed by atoms with van der Waals surface area (Å²) < 4.78 is -0.996. The summed E-state index contributed by atoms with van der Waals surface area (Å²) in [4.78, 5) is 45.5. The highest BCUT2D eigenvalue weighted by Crippen LogP contribution is 2.54. The number of thioether (sulfide) groups is 1. The summed E-state index contributed by atoms with van der Waals surface area (Å²) in [5, 5.41) is 0.624. The number of carbonyl (C=O) groups is 3. The molecule has 2 atom stereocenters. The molecule has 2 unspecified atom stereocenters. The van der Waals surface area contributed by atoms with Crippen molar-refractivity contribution in [1.82, 2.24) is 14.7 Å². The number of rotatable bonds is 7. The van der Waals surface area contributed by atoms with Gasteiger partial charge in [0.15, 0.2) is 0 Å². The molecule has 8 heteroatoms. The molecular formula is C26H28ClN3O3S. The monoisotopic (exact) mass is 497 g/mol. The summed E-state index contributed by atoms with van der Waals surface area (Å²) in [5.41, 5.74) is 0.930. The van der Waals surface area contributed by atoms with Gasteiger partial charge in [-0.25, -0.2) is 0 Å². The second kappa shape index (κ2) is 9.62. The van der Waals surface area contributed by atoms with Gasteiger partial charge in [-0.3, -0.25) is 14.4 Å². The molecule has 3 fully saturated rings. The Morgan fingerprint density at radius 2 is 1.71 bits per heavy atom. The number of hydrogen-bond donors (Lipinski definition) is 0. The molecule has 1 aliphatic carbocycles. The van der Waals surface area contributed by atoms with E-state index in [2.05, 4.69) is 0 Å². The molecule has 2 saturated heterocycles. The van der Waals surface area contributed by atoms with Crippen molar-refractivity contribution in [2.75, 3.05) is 32.7 Å². The van der Waals surface area contributed by atoms with Gasteiger partial charge in [-0.15, -0.1) is 11.8 Å². The largest absolute Gasteiger partial charge is 0.342 e. The zero-order chi connectivity index (χ0) is 23.7. The molecule has 0 radical (unpaired) electrons. The zero-order valence-electron chi connectivity index (χ0n) is 18.9. The minimum absolute atomic E-state index is 0.0233. The second-order valence-electron chi connectivity index (χ2n) is 9.36. The van der Waals surface area contributed by atoms with Crippen molar-refractivity contribution >= 4 is 41.6 Å². The van der Waals surface area contributed by atoms with Gasteiger partial charge >= 0.3 is 0 Å². The normalized spacial score (nSPS) is 25.0. The van der Waals surface area contributed by atoms with Gasteiger partial charge in [0.05, 0.1) is 12.5 Å². The molecule has 6 nitrogen and oxygen atoms in total. The van der Waals surface area contributed by atoms with Crippen LogP contribution in [0.4, 0.5) is 0 Å². The minimum Gasteiger partial charge on any atom is -0.342 e. The third-order valence-electron chi connectivity index (χ3n) is 6.98. The fourth-order valence-electron chi connectivity index (χ4n) is 5.02. The van der Waals surface area contributed by atoms with Crippen LogP contribution in [-0.2, 0) is 14.4 Å². The van der Waals surface area contributed by atoms with Crippen LogP contribution in [0, 0.1) is 5.92 Å². The van der Waals surface area contributed by atoms with E-state index in [-0.39, 0.29) is 24.3 Å². The first-order chi connectivity index (χ1) is 16.5. The summed E-state index contributed by atoms with van der Waals surface area (Å²) in [5.74, 6) is 0.496. The van der Waals surface area contributed by atoms with Crippen molar-refractivity contribution in [3.05, 3.63) is 65.2 Å². The lowest BCUT2D eigenvalue weighted by Gasteiger charge is -2.42. The van der Waals surface area contributed by atoms with Crippen LogP contribution in [0.1, 0.15) is 30.9 Å². The van der Waals surface area contributed by atoms with E-state index in [1.54, 1.807) is 4.90 Å². The van der Waals surface area contributed by atoms with E-state index in [4.69, 9.17) is 11.6 Å². The standard InChI is InChI=1S/C26H28ClN3O3S/c27-21-10-8-20(9-11-21)24-26(34-22-4-2-1-3-5-22,16-23(32)30(24)17-19-6-7-19)25(33)29-14-12-28(18-31)13-15-29/h1-5,8-11,18-19,24H,6-7,12-17H2. The van der Waals surface area contributed by atoms with Gasteiger partial charge < -0.3 is 14.7 Å². The zero-order valence-corrected chi connectivity index (χ0v) is 20.5. The Balaban J connectivity index is 1.58. The molecule has 0 aromatic heterocycles. The number of halogens is 1. The first kappa shape index (κ1) is 23.2. The van der Waals surface area contributed by atoms with E-state index in [0.717, 1.165) is 29.7 Å². The average molecular weight is 498 g/mol. The average Bonchev–Trinajstić information content (AvgIpc) is 3.64. The summed E-state index contributed by atoms with van der Waals surface area (Å²) in [7, 11) is 0. The Hall–Kier alpha value is -2.51. The molecule has 0 spiro atoms. The van der Waals surface area contributed by atoms with Gasteiger partial charge in [-0.05, 0) is 48.6 Å². The SMILES string of the molecule is O=CN1CCN(C(=O)C2(Sc3ccccc3)CC(=O)N(CC3CC3)C2c2ccc(Cl)cc2)CC1. The highest BCUT2D eigenvalue weighted by atomic mass is 35.5. The second-order valence-corrected chi connectivity index (χ2v) is 11.2. The molecule has 1 saturated carbocycles. The smallest absolute Gasteiger partial charge is 0.242 e. The quantitative estimate of drug-likeness (QED) is 0.545. The maximum atomic E-state index is 14.4. The molecule has 3 aliphatic rings. The molecule has 0 bridgehead atoms. The number of likely N-dealkylation sites (tertiary alicyclic amines) is 1. The van der Waals surface area contributed by atoms with Crippen LogP contribution in [0.25, 0.3) is 0 Å². The first-order valence-corrected chi connectivity index (χ1v) is 13.0. The lowest BCUT2D eigenvalue weighted by Crippen LogP contribution is -2.56. The molecule has 2 aromatic rings. The minimum atomic E-state index is -0.996.